The molecule has 4 heteroatoms. The molecule has 102 valence electrons. The fraction of sp³-hybridized carbons (Fsp3) is 0.250. The number of hydrogen-bond donors (Lipinski definition) is 0. The van der Waals surface area contributed by atoms with Gasteiger partial charge in [-0.1, -0.05) is 12.1 Å². The maximum atomic E-state index is 13.4. The van der Waals surface area contributed by atoms with Crippen LogP contribution in [-0.4, -0.2) is 4.87 Å². The van der Waals surface area contributed by atoms with Gasteiger partial charge in [-0.2, -0.15) is 0 Å². The Hall–Kier alpha value is -1.12. The molecule has 2 aliphatic rings. The molecule has 0 bridgehead atoms. The summed E-state index contributed by atoms with van der Waals surface area (Å²) in [7, 11) is 0. The molecule has 2 aliphatic carbocycles. The summed E-state index contributed by atoms with van der Waals surface area (Å²) in [4.78, 5) is -1.65. The van der Waals surface area contributed by atoms with Crippen LogP contribution in [0.1, 0.15) is 22.3 Å². The maximum Gasteiger partial charge on any atom is 0.123 e. The number of alkyl halides is 2. The molecule has 0 N–H and O–H groups in total. The molecule has 0 radical (unpaired) electrons. The van der Waals surface area contributed by atoms with Gasteiger partial charge in [0.1, 0.15) is 16.5 Å². The molecule has 0 amide bonds. The van der Waals surface area contributed by atoms with E-state index in [1.807, 2.05) is 0 Å². The van der Waals surface area contributed by atoms with Crippen LogP contribution in [0.15, 0.2) is 36.4 Å². The van der Waals surface area contributed by atoms with Crippen molar-refractivity contribution in [1.29, 1.82) is 0 Å². The monoisotopic (exact) mass is 310 g/mol. The Morgan fingerprint density at radius 3 is 1.70 bits per heavy atom. The molecular weight excluding hydrogens is 301 g/mol. The SMILES string of the molecule is Fc1ccc2c(c1)CC1(Cl)Cc3cc(F)ccc3C21Cl. The van der Waals surface area contributed by atoms with E-state index in [1.165, 1.54) is 24.3 Å². The summed E-state index contributed by atoms with van der Waals surface area (Å²) < 4.78 is 26.8. The van der Waals surface area contributed by atoms with Gasteiger partial charge >= 0.3 is 0 Å². The summed E-state index contributed by atoms with van der Waals surface area (Å²) in [6.45, 7) is 0. The van der Waals surface area contributed by atoms with Crippen molar-refractivity contribution in [3.8, 4) is 0 Å². The van der Waals surface area contributed by atoms with Crippen LogP contribution in [0.5, 0.6) is 0 Å². The van der Waals surface area contributed by atoms with Crippen LogP contribution in [0.3, 0.4) is 0 Å². The minimum Gasteiger partial charge on any atom is -0.207 e. The van der Waals surface area contributed by atoms with Crippen LogP contribution >= 0.6 is 23.2 Å². The lowest BCUT2D eigenvalue weighted by atomic mass is 9.90. The lowest BCUT2D eigenvalue weighted by molar-refractivity contribution is 0.545. The first kappa shape index (κ1) is 12.6. The highest BCUT2D eigenvalue weighted by Gasteiger charge is 2.61. The molecule has 0 unspecified atom stereocenters. The van der Waals surface area contributed by atoms with Gasteiger partial charge in [0, 0.05) is 0 Å². The lowest BCUT2D eigenvalue weighted by Crippen LogP contribution is -2.37. The Bertz CT molecular complexity index is 684. The third-order valence-corrected chi connectivity index (χ3v) is 5.85. The van der Waals surface area contributed by atoms with Crippen LogP contribution in [0, 0.1) is 11.6 Å². The number of hydrogen-bond acceptors (Lipinski definition) is 0. The first-order chi connectivity index (χ1) is 9.44. The summed E-state index contributed by atoms with van der Waals surface area (Å²) in [6.07, 6.45) is 0.975. The van der Waals surface area contributed by atoms with Gasteiger partial charge in [0.25, 0.3) is 0 Å². The zero-order valence-corrected chi connectivity index (χ0v) is 11.9. The van der Waals surface area contributed by atoms with Gasteiger partial charge in [-0.3, -0.25) is 0 Å². The molecule has 0 nitrogen and oxygen atoms in total. The van der Waals surface area contributed by atoms with Crippen LogP contribution in [0.4, 0.5) is 8.78 Å². The fourth-order valence-electron chi connectivity index (χ4n) is 3.63. The summed E-state index contributed by atoms with van der Waals surface area (Å²) in [5, 5.41) is 0. The number of halogens is 4. The predicted molar refractivity (Wildman–Crippen MR) is 75.4 cm³/mol. The Balaban J connectivity index is 2.01. The molecule has 0 atom stereocenters. The van der Waals surface area contributed by atoms with Gasteiger partial charge in [-0.05, 0) is 59.4 Å². The molecule has 4 rings (SSSR count). The number of rotatable bonds is 0. The summed E-state index contributed by atoms with van der Waals surface area (Å²) in [6, 6.07) is 9.16. The molecule has 0 saturated carbocycles. The lowest BCUT2D eigenvalue weighted by Gasteiger charge is -2.31. The van der Waals surface area contributed by atoms with E-state index in [0.717, 1.165) is 22.3 Å². The molecular formula is C16H10Cl2F2. The predicted octanol–water partition coefficient (Wildman–Crippen LogP) is 4.54. The van der Waals surface area contributed by atoms with Crippen molar-refractivity contribution in [2.75, 3.05) is 0 Å². The van der Waals surface area contributed by atoms with E-state index < -0.39 is 9.75 Å². The quantitative estimate of drug-likeness (QED) is 0.627. The smallest absolute Gasteiger partial charge is 0.123 e. The minimum atomic E-state index is -0.902. The first-order valence-corrected chi connectivity index (χ1v) is 7.15. The van der Waals surface area contributed by atoms with Crippen LogP contribution in [-0.2, 0) is 17.7 Å². The normalized spacial score (nSPS) is 30.0. The molecule has 0 spiro atoms. The van der Waals surface area contributed by atoms with Crippen molar-refractivity contribution in [3.05, 3.63) is 70.3 Å². The number of fused-ring (bicyclic) bond motifs is 5. The zero-order valence-electron chi connectivity index (χ0n) is 10.4. The second-order valence-corrected chi connectivity index (χ2v) is 6.87. The van der Waals surface area contributed by atoms with Crippen molar-refractivity contribution in [2.45, 2.75) is 22.6 Å². The molecule has 0 aromatic heterocycles. The Morgan fingerprint density at radius 2 is 1.25 bits per heavy atom. The van der Waals surface area contributed by atoms with Crippen LogP contribution < -0.4 is 0 Å². The first-order valence-electron chi connectivity index (χ1n) is 6.40. The van der Waals surface area contributed by atoms with E-state index in [1.54, 1.807) is 12.1 Å². The average molecular weight is 311 g/mol. The van der Waals surface area contributed by atoms with Crippen molar-refractivity contribution in [1.82, 2.24) is 0 Å². The largest absolute Gasteiger partial charge is 0.207 e. The summed E-state index contributed by atoms with van der Waals surface area (Å²) in [5.74, 6) is -0.577. The topological polar surface area (TPSA) is 0 Å². The van der Waals surface area contributed by atoms with E-state index >= 15 is 0 Å². The van der Waals surface area contributed by atoms with Gasteiger partial charge < -0.3 is 0 Å². The molecule has 0 heterocycles. The summed E-state index contributed by atoms with van der Waals surface area (Å²) in [5.41, 5.74) is 3.34. The molecule has 0 saturated heterocycles. The molecule has 0 aliphatic heterocycles. The molecule has 0 fully saturated rings. The van der Waals surface area contributed by atoms with Gasteiger partial charge in [-0.25, -0.2) is 8.78 Å². The Kier molecular flexibility index (Phi) is 2.36. The van der Waals surface area contributed by atoms with Crippen molar-refractivity contribution < 1.29 is 8.78 Å². The number of benzene rings is 2. The van der Waals surface area contributed by atoms with Gasteiger partial charge in [0.15, 0.2) is 0 Å². The third-order valence-electron chi connectivity index (χ3n) is 4.44. The van der Waals surface area contributed by atoms with Crippen LogP contribution in [0.2, 0.25) is 0 Å². The van der Waals surface area contributed by atoms with Gasteiger partial charge in [0.2, 0.25) is 0 Å². The van der Waals surface area contributed by atoms with Gasteiger partial charge in [0.05, 0.1) is 4.87 Å². The second kappa shape index (κ2) is 3.75. The van der Waals surface area contributed by atoms with Crippen molar-refractivity contribution in [2.24, 2.45) is 0 Å². The van der Waals surface area contributed by atoms with E-state index in [-0.39, 0.29) is 11.6 Å². The van der Waals surface area contributed by atoms with E-state index in [4.69, 9.17) is 23.2 Å². The zero-order chi connectivity index (χ0) is 14.1. The van der Waals surface area contributed by atoms with E-state index in [0.29, 0.717) is 12.8 Å². The van der Waals surface area contributed by atoms with E-state index in [9.17, 15) is 8.78 Å². The molecule has 2 aromatic carbocycles. The standard InChI is InChI=1S/C16H10Cl2F2/c17-15-7-9-5-11(19)1-3-13(9)16(15,18)14-4-2-12(20)6-10(14)8-15/h1-6H,7-8H2. The Morgan fingerprint density at radius 1 is 0.800 bits per heavy atom. The Labute approximate surface area is 125 Å². The van der Waals surface area contributed by atoms with Crippen molar-refractivity contribution >= 4 is 23.2 Å². The fourth-order valence-corrected chi connectivity index (χ4v) is 4.62. The van der Waals surface area contributed by atoms with Crippen molar-refractivity contribution in [3.63, 3.8) is 0 Å². The van der Waals surface area contributed by atoms with Crippen LogP contribution in [0.25, 0.3) is 0 Å². The highest BCUT2D eigenvalue weighted by atomic mass is 35.5. The summed E-state index contributed by atoms with van der Waals surface area (Å²) >= 11 is 13.7. The molecule has 20 heavy (non-hydrogen) atoms. The average Bonchev–Trinajstić information content (AvgIpc) is 2.70. The maximum absolute atomic E-state index is 13.4. The van der Waals surface area contributed by atoms with E-state index in [2.05, 4.69) is 0 Å². The third kappa shape index (κ3) is 1.36. The highest BCUT2D eigenvalue weighted by Crippen LogP contribution is 2.62. The van der Waals surface area contributed by atoms with Gasteiger partial charge in [-0.15, -0.1) is 23.2 Å². The highest BCUT2D eigenvalue weighted by molar-refractivity contribution is 6.38. The molecule has 2 aromatic rings. The second-order valence-electron chi connectivity index (χ2n) is 5.58. The minimum absolute atomic E-state index is 0.288.